The molecule has 168 valence electrons. The number of aromatic nitrogens is 2. The first-order valence-electron chi connectivity index (χ1n) is 10.1. The monoisotopic (exact) mass is 480 g/mol. The van der Waals surface area contributed by atoms with Crippen LogP contribution in [0.1, 0.15) is 21.9 Å². The van der Waals surface area contributed by atoms with Crippen LogP contribution in [0.5, 0.6) is 0 Å². The van der Waals surface area contributed by atoms with Gasteiger partial charge in [0, 0.05) is 34.4 Å². The predicted octanol–water partition coefficient (Wildman–Crippen LogP) is 5.09. The molecule has 0 fully saturated rings. The first-order valence-corrected chi connectivity index (χ1v) is 11.5. The fraction of sp³-hybridized carbons (Fsp3) is 0.125. The molecule has 2 aromatic heterocycles. The van der Waals surface area contributed by atoms with Crippen LogP contribution in [0.15, 0.2) is 82.6 Å². The van der Waals surface area contributed by atoms with E-state index >= 15 is 0 Å². The number of carbonyl (C=O) groups is 2. The first-order chi connectivity index (χ1) is 16.0. The van der Waals surface area contributed by atoms with E-state index in [0.29, 0.717) is 33.7 Å². The molecule has 0 bridgehead atoms. The Labute approximate surface area is 200 Å². The normalized spacial score (nSPS) is 10.7. The summed E-state index contributed by atoms with van der Waals surface area (Å²) < 4.78 is 7.33. The number of carbonyl (C=O) groups excluding carboxylic acids is 2. The molecule has 0 atom stereocenters. The highest BCUT2D eigenvalue weighted by atomic mass is 35.5. The molecule has 0 unspecified atom stereocenters. The number of halogens is 1. The van der Waals surface area contributed by atoms with Gasteiger partial charge in [0.15, 0.2) is 5.16 Å². The van der Waals surface area contributed by atoms with Crippen molar-refractivity contribution in [1.29, 1.82) is 0 Å². The lowest BCUT2D eigenvalue weighted by molar-refractivity contribution is -0.113. The van der Waals surface area contributed by atoms with Crippen molar-refractivity contribution in [2.75, 3.05) is 11.1 Å². The van der Waals surface area contributed by atoms with Crippen LogP contribution in [0.4, 0.5) is 5.69 Å². The molecule has 4 rings (SSSR count). The zero-order valence-corrected chi connectivity index (χ0v) is 19.3. The quantitative estimate of drug-likeness (QED) is 0.343. The molecule has 0 aliphatic heterocycles. The van der Waals surface area contributed by atoms with Gasteiger partial charge in [-0.25, -0.2) is 4.98 Å². The topological polar surface area (TPSA) is 89.2 Å². The molecule has 0 saturated carbocycles. The lowest BCUT2D eigenvalue weighted by Gasteiger charge is -2.09. The van der Waals surface area contributed by atoms with Gasteiger partial charge >= 0.3 is 0 Å². The number of hydrogen-bond donors (Lipinski definition) is 2. The van der Waals surface area contributed by atoms with Crippen molar-refractivity contribution in [2.45, 2.75) is 18.6 Å². The van der Waals surface area contributed by atoms with E-state index in [1.165, 1.54) is 11.8 Å². The van der Waals surface area contributed by atoms with Crippen LogP contribution in [0.25, 0.3) is 5.69 Å². The number of anilines is 1. The van der Waals surface area contributed by atoms with Crippen molar-refractivity contribution in [3.8, 4) is 5.69 Å². The zero-order chi connectivity index (χ0) is 23.2. The van der Waals surface area contributed by atoms with E-state index in [1.54, 1.807) is 42.6 Å². The number of thioether (sulfide) groups is 1. The number of furan rings is 1. The van der Waals surface area contributed by atoms with Crippen molar-refractivity contribution in [2.24, 2.45) is 0 Å². The van der Waals surface area contributed by atoms with Gasteiger partial charge in [-0.2, -0.15) is 0 Å². The average Bonchev–Trinajstić information content (AvgIpc) is 3.45. The largest absolute Gasteiger partial charge is 0.465 e. The van der Waals surface area contributed by atoms with Crippen LogP contribution in [-0.2, 0) is 11.3 Å². The van der Waals surface area contributed by atoms with E-state index in [1.807, 2.05) is 42.0 Å². The van der Waals surface area contributed by atoms with Crippen molar-refractivity contribution in [3.63, 3.8) is 0 Å². The van der Waals surface area contributed by atoms with E-state index in [-0.39, 0.29) is 17.6 Å². The molecule has 7 nitrogen and oxygen atoms in total. The minimum atomic E-state index is -0.187. The maximum absolute atomic E-state index is 12.4. The summed E-state index contributed by atoms with van der Waals surface area (Å²) in [7, 11) is 0. The summed E-state index contributed by atoms with van der Waals surface area (Å²) in [4.78, 5) is 29.0. The fourth-order valence-corrected chi connectivity index (χ4v) is 4.07. The van der Waals surface area contributed by atoms with Crippen molar-refractivity contribution in [3.05, 3.63) is 95.2 Å². The van der Waals surface area contributed by atoms with Gasteiger partial charge in [-0.1, -0.05) is 29.4 Å². The second kappa shape index (κ2) is 10.4. The molecule has 4 aromatic rings. The number of hydrogen-bond acceptors (Lipinski definition) is 5. The van der Waals surface area contributed by atoms with Gasteiger partial charge in [0.05, 0.1) is 12.3 Å². The Balaban J connectivity index is 1.34. The van der Waals surface area contributed by atoms with Crippen molar-refractivity contribution >= 4 is 40.9 Å². The van der Waals surface area contributed by atoms with Crippen LogP contribution >= 0.6 is 23.4 Å². The molecule has 33 heavy (non-hydrogen) atoms. The minimum absolute atomic E-state index is 0.157. The Morgan fingerprint density at radius 2 is 1.94 bits per heavy atom. The molecule has 2 amide bonds. The number of amides is 2. The highest BCUT2D eigenvalue weighted by molar-refractivity contribution is 7.99. The Hall–Kier alpha value is -3.49. The van der Waals surface area contributed by atoms with Gasteiger partial charge in [-0.15, -0.1) is 0 Å². The van der Waals surface area contributed by atoms with Gasteiger partial charge in [-0.05, 0) is 61.5 Å². The lowest BCUT2D eigenvalue weighted by Crippen LogP contribution is -2.22. The number of rotatable bonds is 8. The third-order valence-corrected chi connectivity index (χ3v) is 5.88. The van der Waals surface area contributed by atoms with Crippen LogP contribution in [-0.4, -0.2) is 27.1 Å². The number of imidazole rings is 1. The zero-order valence-electron chi connectivity index (χ0n) is 17.7. The summed E-state index contributed by atoms with van der Waals surface area (Å²) >= 11 is 7.27. The predicted molar refractivity (Wildman–Crippen MR) is 129 cm³/mol. The Morgan fingerprint density at radius 3 is 2.67 bits per heavy atom. The van der Waals surface area contributed by atoms with Crippen molar-refractivity contribution < 1.29 is 14.0 Å². The lowest BCUT2D eigenvalue weighted by atomic mass is 10.2. The smallest absolute Gasteiger partial charge is 0.251 e. The Kier molecular flexibility index (Phi) is 7.16. The number of aryl methyl sites for hydroxylation is 1. The van der Waals surface area contributed by atoms with E-state index < -0.39 is 0 Å². The molecule has 9 heteroatoms. The minimum Gasteiger partial charge on any atom is -0.465 e. The van der Waals surface area contributed by atoms with Gasteiger partial charge < -0.3 is 15.1 Å². The van der Waals surface area contributed by atoms with E-state index in [4.69, 9.17) is 16.0 Å². The summed E-state index contributed by atoms with van der Waals surface area (Å²) in [5.41, 5.74) is 2.02. The SMILES string of the molecule is Cc1ccc(CNC(=O)c2ccc(-n3ccnc3SCC(=O)Nc3cccc(Cl)c3)cc2)o1. The van der Waals surface area contributed by atoms with Crippen LogP contribution in [0, 0.1) is 6.92 Å². The van der Waals surface area contributed by atoms with Crippen LogP contribution < -0.4 is 10.6 Å². The third kappa shape index (κ3) is 6.06. The molecule has 0 aliphatic carbocycles. The van der Waals surface area contributed by atoms with E-state index in [0.717, 1.165) is 11.4 Å². The molecule has 2 heterocycles. The van der Waals surface area contributed by atoms with Gasteiger partial charge in [0.1, 0.15) is 11.5 Å². The molecular formula is C24H21ClN4O3S. The molecule has 2 N–H and O–H groups in total. The molecular weight excluding hydrogens is 460 g/mol. The summed E-state index contributed by atoms with van der Waals surface area (Å²) in [5.74, 6) is 1.36. The maximum atomic E-state index is 12.4. The van der Waals surface area contributed by atoms with E-state index in [2.05, 4.69) is 15.6 Å². The second-order valence-electron chi connectivity index (χ2n) is 7.17. The first kappa shape index (κ1) is 22.7. The highest BCUT2D eigenvalue weighted by Crippen LogP contribution is 2.22. The molecule has 0 saturated heterocycles. The molecule has 0 radical (unpaired) electrons. The van der Waals surface area contributed by atoms with Crippen LogP contribution in [0.2, 0.25) is 5.02 Å². The highest BCUT2D eigenvalue weighted by Gasteiger charge is 2.11. The van der Waals surface area contributed by atoms with E-state index in [9.17, 15) is 9.59 Å². The average molecular weight is 481 g/mol. The summed E-state index contributed by atoms with van der Waals surface area (Å²) in [6, 6.07) is 17.9. The maximum Gasteiger partial charge on any atom is 0.251 e. The Morgan fingerprint density at radius 1 is 1.12 bits per heavy atom. The summed E-state index contributed by atoms with van der Waals surface area (Å²) in [6.45, 7) is 2.19. The molecule has 2 aromatic carbocycles. The fourth-order valence-electron chi connectivity index (χ4n) is 3.11. The number of benzene rings is 2. The Bertz CT molecular complexity index is 1270. The number of nitrogens with zero attached hydrogens (tertiary/aromatic N) is 2. The molecule has 0 aliphatic rings. The third-order valence-electron chi connectivity index (χ3n) is 4.67. The summed E-state index contributed by atoms with van der Waals surface area (Å²) in [5, 5.41) is 6.89. The summed E-state index contributed by atoms with van der Waals surface area (Å²) in [6.07, 6.45) is 3.48. The van der Waals surface area contributed by atoms with Crippen molar-refractivity contribution in [1.82, 2.24) is 14.9 Å². The van der Waals surface area contributed by atoms with Gasteiger partial charge in [0.2, 0.25) is 5.91 Å². The van der Waals surface area contributed by atoms with Gasteiger partial charge in [-0.3, -0.25) is 14.2 Å². The number of nitrogens with one attached hydrogen (secondary N) is 2. The van der Waals surface area contributed by atoms with Crippen LogP contribution in [0.3, 0.4) is 0 Å². The molecule has 0 spiro atoms. The van der Waals surface area contributed by atoms with Gasteiger partial charge in [0.25, 0.3) is 5.91 Å². The second-order valence-corrected chi connectivity index (χ2v) is 8.55. The standard InChI is InChI=1S/C24H21ClN4O3S/c1-16-5-10-21(32-16)14-27-23(31)17-6-8-20(9-7-17)29-12-11-26-24(29)33-15-22(30)28-19-4-2-3-18(25)13-19/h2-13H,14-15H2,1H3,(H,27,31)(H,28,30).